The number of benzene rings is 2. The molecule has 0 radical (unpaired) electrons. The lowest BCUT2D eigenvalue weighted by Gasteiger charge is -2.12. The fraction of sp³-hybridized carbons (Fsp3) is 0.263. The minimum Gasteiger partial charge on any atom is -0.376 e. The van der Waals surface area contributed by atoms with E-state index in [4.69, 9.17) is 0 Å². The number of hydrogen-bond acceptors (Lipinski definition) is 3. The molecule has 0 saturated heterocycles. The van der Waals surface area contributed by atoms with Crippen LogP contribution in [0.5, 0.6) is 0 Å². The summed E-state index contributed by atoms with van der Waals surface area (Å²) in [5.74, 6) is -0.253. The molecule has 6 heteroatoms. The van der Waals surface area contributed by atoms with E-state index in [0.29, 0.717) is 5.56 Å². The van der Waals surface area contributed by atoms with Gasteiger partial charge in [-0.25, -0.2) is 0 Å². The van der Waals surface area contributed by atoms with Gasteiger partial charge in [0.1, 0.15) is 0 Å². The largest absolute Gasteiger partial charge is 0.376 e. The van der Waals surface area contributed by atoms with E-state index in [0.717, 1.165) is 21.4 Å². The van der Waals surface area contributed by atoms with Crippen molar-refractivity contribution in [2.45, 2.75) is 26.3 Å². The van der Waals surface area contributed by atoms with Crippen LogP contribution in [-0.4, -0.2) is 24.4 Å². The number of amides is 2. The Hall–Kier alpha value is -2.09. The third-order valence-corrected chi connectivity index (χ3v) is 4.41. The average molecular weight is 451 g/mol. The maximum atomic E-state index is 12.2. The standard InChI is InChI=1S/C19H22IN3O2/c1-3-13(2)22-19(25)14-5-4-6-17(11-14)21-12-18(24)23-16-9-7-15(20)8-10-16/h4-11,13,21H,3,12H2,1-2H3,(H,22,25)(H,23,24). The molecule has 0 aliphatic carbocycles. The Bertz CT molecular complexity index is 732. The summed E-state index contributed by atoms with van der Waals surface area (Å²) in [5, 5.41) is 8.80. The molecule has 2 rings (SSSR count). The van der Waals surface area contributed by atoms with Crippen LogP contribution in [0.3, 0.4) is 0 Å². The minimum absolute atomic E-state index is 0.110. The predicted molar refractivity (Wildman–Crippen MR) is 110 cm³/mol. The topological polar surface area (TPSA) is 70.2 Å². The lowest BCUT2D eigenvalue weighted by atomic mass is 10.1. The monoisotopic (exact) mass is 451 g/mol. The normalized spacial score (nSPS) is 11.5. The molecule has 0 spiro atoms. The van der Waals surface area contributed by atoms with Gasteiger partial charge in [0.25, 0.3) is 5.91 Å². The predicted octanol–water partition coefficient (Wildman–Crippen LogP) is 3.87. The molecular formula is C19H22IN3O2. The van der Waals surface area contributed by atoms with Crippen LogP contribution in [0, 0.1) is 3.57 Å². The summed E-state index contributed by atoms with van der Waals surface area (Å²) in [4.78, 5) is 24.2. The van der Waals surface area contributed by atoms with Gasteiger partial charge in [0.15, 0.2) is 0 Å². The summed E-state index contributed by atoms with van der Waals surface area (Å²) in [6.07, 6.45) is 0.877. The zero-order valence-corrected chi connectivity index (χ0v) is 16.5. The lowest BCUT2D eigenvalue weighted by Crippen LogP contribution is -2.31. The van der Waals surface area contributed by atoms with E-state index in [1.165, 1.54) is 0 Å². The van der Waals surface area contributed by atoms with Crippen LogP contribution < -0.4 is 16.0 Å². The van der Waals surface area contributed by atoms with E-state index < -0.39 is 0 Å². The van der Waals surface area contributed by atoms with Crippen molar-refractivity contribution in [2.75, 3.05) is 17.2 Å². The first-order valence-corrected chi connectivity index (χ1v) is 9.26. The van der Waals surface area contributed by atoms with Gasteiger partial charge in [-0.1, -0.05) is 13.0 Å². The van der Waals surface area contributed by atoms with Gasteiger partial charge < -0.3 is 16.0 Å². The van der Waals surface area contributed by atoms with E-state index >= 15 is 0 Å². The Morgan fingerprint density at radius 3 is 2.48 bits per heavy atom. The van der Waals surface area contributed by atoms with Crippen molar-refractivity contribution in [1.82, 2.24) is 5.32 Å². The minimum atomic E-state index is -0.143. The average Bonchev–Trinajstić information content (AvgIpc) is 2.62. The Balaban J connectivity index is 1.90. The van der Waals surface area contributed by atoms with E-state index in [2.05, 4.69) is 38.5 Å². The Labute approximate surface area is 161 Å². The molecule has 1 unspecified atom stereocenters. The van der Waals surface area contributed by atoms with Crippen molar-refractivity contribution in [3.05, 3.63) is 57.7 Å². The zero-order valence-electron chi connectivity index (χ0n) is 14.3. The number of nitrogens with one attached hydrogen (secondary N) is 3. The Morgan fingerprint density at radius 2 is 1.80 bits per heavy atom. The summed E-state index contributed by atoms with van der Waals surface area (Å²) < 4.78 is 1.11. The van der Waals surface area contributed by atoms with Gasteiger partial charge in [-0.15, -0.1) is 0 Å². The van der Waals surface area contributed by atoms with Gasteiger partial charge in [-0.05, 0) is 78.4 Å². The third-order valence-electron chi connectivity index (χ3n) is 3.70. The summed E-state index contributed by atoms with van der Waals surface area (Å²) in [6.45, 7) is 4.12. The molecule has 0 heterocycles. The number of anilines is 2. The zero-order chi connectivity index (χ0) is 18.2. The van der Waals surface area contributed by atoms with Crippen molar-refractivity contribution in [3.8, 4) is 0 Å². The molecular weight excluding hydrogens is 429 g/mol. The first-order chi connectivity index (χ1) is 12.0. The molecule has 3 N–H and O–H groups in total. The molecule has 25 heavy (non-hydrogen) atoms. The molecule has 0 bridgehead atoms. The van der Waals surface area contributed by atoms with Crippen LogP contribution in [0.1, 0.15) is 30.6 Å². The van der Waals surface area contributed by atoms with Crippen LogP contribution in [0.25, 0.3) is 0 Å². The molecule has 2 amide bonds. The molecule has 1 atom stereocenters. The molecule has 0 fully saturated rings. The highest BCUT2D eigenvalue weighted by atomic mass is 127. The van der Waals surface area contributed by atoms with Crippen LogP contribution in [-0.2, 0) is 4.79 Å². The molecule has 132 valence electrons. The van der Waals surface area contributed by atoms with Crippen molar-refractivity contribution >= 4 is 45.8 Å². The molecule has 0 saturated carbocycles. The Kier molecular flexibility index (Phi) is 7.24. The Morgan fingerprint density at radius 1 is 1.08 bits per heavy atom. The molecule has 0 aromatic heterocycles. The molecule has 2 aromatic carbocycles. The van der Waals surface area contributed by atoms with Crippen LogP contribution in [0.2, 0.25) is 0 Å². The highest BCUT2D eigenvalue weighted by Crippen LogP contribution is 2.13. The lowest BCUT2D eigenvalue weighted by molar-refractivity contribution is -0.114. The smallest absolute Gasteiger partial charge is 0.251 e. The fourth-order valence-electron chi connectivity index (χ4n) is 2.10. The molecule has 5 nitrogen and oxygen atoms in total. The highest BCUT2D eigenvalue weighted by molar-refractivity contribution is 14.1. The van der Waals surface area contributed by atoms with Crippen LogP contribution >= 0.6 is 22.6 Å². The SMILES string of the molecule is CCC(C)NC(=O)c1cccc(NCC(=O)Nc2ccc(I)cc2)c1. The quantitative estimate of drug-likeness (QED) is 0.560. The van der Waals surface area contributed by atoms with Gasteiger partial charge in [0.05, 0.1) is 6.54 Å². The second-order valence-corrected chi connectivity index (χ2v) is 7.02. The number of carbonyl (C=O) groups excluding carboxylic acids is 2. The summed E-state index contributed by atoms with van der Waals surface area (Å²) >= 11 is 2.21. The van der Waals surface area contributed by atoms with Crippen molar-refractivity contribution < 1.29 is 9.59 Å². The summed E-state index contributed by atoms with van der Waals surface area (Å²) in [5.41, 5.74) is 2.06. The fourth-order valence-corrected chi connectivity index (χ4v) is 2.46. The van der Waals surface area contributed by atoms with E-state index in [1.807, 2.05) is 44.2 Å². The maximum absolute atomic E-state index is 12.2. The van der Waals surface area contributed by atoms with Crippen LogP contribution in [0.15, 0.2) is 48.5 Å². The second kappa shape index (κ2) is 9.41. The van der Waals surface area contributed by atoms with Crippen molar-refractivity contribution in [1.29, 1.82) is 0 Å². The highest BCUT2D eigenvalue weighted by Gasteiger charge is 2.09. The van der Waals surface area contributed by atoms with Gasteiger partial charge in [-0.2, -0.15) is 0 Å². The van der Waals surface area contributed by atoms with Crippen molar-refractivity contribution in [2.24, 2.45) is 0 Å². The first-order valence-electron chi connectivity index (χ1n) is 8.18. The third kappa shape index (κ3) is 6.38. The molecule has 2 aromatic rings. The van der Waals surface area contributed by atoms with Crippen molar-refractivity contribution in [3.63, 3.8) is 0 Å². The maximum Gasteiger partial charge on any atom is 0.251 e. The number of rotatable bonds is 7. The van der Waals surface area contributed by atoms with Gasteiger partial charge in [0.2, 0.25) is 5.91 Å². The van der Waals surface area contributed by atoms with Gasteiger partial charge >= 0.3 is 0 Å². The van der Waals surface area contributed by atoms with Gasteiger partial charge in [-0.3, -0.25) is 9.59 Å². The number of halogens is 1. The molecule has 0 aliphatic heterocycles. The molecule has 0 aliphatic rings. The number of carbonyl (C=O) groups is 2. The van der Waals surface area contributed by atoms with Gasteiger partial charge in [0, 0.05) is 26.6 Å². The van der Waals surface area contributed by atoms with E-state index in [1.54, 1.807) is 18.2 Å². The second-order valence-electron chi connectivity index (χ2n) is 5.77. The van der Waals surface area contributed by atoms with Crippen LogP contribution in [0.4, 0.5) is 11.4 Å². The van der Waals surface area contributed by atoms with E-state index in [-0.39, 0.29) is 24.4 Å². The van der Waals surface area contributed by atoms with E-state index in [9.17, 15) is 9.59 Å². The summed E-state index contributed by atoms with van der Waals surface area (Å²) in [6, 6.07) is 14.8. The first kappa shape index (κ1) is 19.2. The summed E-state index contributed by atoms with van der Waals surface area (Å²) in [7, 11) is 0. The number of hydrogen-bond donors (Lipinski definition) is 3.